The minimum absolute atomic E-state index is 0.0153. The second kappa shape index (κ2) is 6.28. The molecule has 88 valence electrons. The molecule has 0 aromatic heterocycles. The molecule has 0 heterocycles. The maximum absolute atomic E-state index is 11.9. The van der Waals surface area contributed by atoms with Gasteiger partial charge in [0.2, 0.25) is 0 Å². The first kappa shape index (κ1) is 12.7. The topological polar surface area (TPSA) is 55.1 Å². The number of nitrogens with one attached hydrogen (secondary N) is 1. The van der Waals surface area contributed by atoms with Crippen LogP contribution in [-0.2, 0) is 4.79 Å². The van der Waals surface area contributed by atoms with E-state index in [1.807, 2.05) is 19.9 Å². The van der Waals surface area contributed by atoms with Crippen LogP contribution in [0.2, 0.25) is 0 Å². The monoisotopic (exact) mass is 220 g/mol. The lowest BCUT2D eigenvalue weighted by molar-refractivity contribution is -0.118. The van der Waals surface area contributed by atoms with Gasteiger partial charge in [0.1, 0.15) is 0 Å². The van der Waals surface area contributed by atoms with Crippen molar-refractivity contribution in [2.24, 2.45) is 11.7 Å². The number of rotatable bonds is 5. The minimum Gasteiger partial charge on any atom is -0.353 e. The van der Waals surface area contributed by atoms with Crippen molar-refractivity contribution in [1.82, 2.24) is 5.32 Å². The van der Waals surface area contributed by atoms with Crippen LogP contribution in [0, 0.1) is 5.92 Å². The summed E-state index contributed by atoms with van der Waals surface area (Å²) in [6, 6.07) is 0. The van der Waals surface area contributed by atoms with E-state index in [1.165, 1.54) is 0 Å². The Labute approximate surface area is 97.1 Å². The van der Waals surface area contributed by atoms with E-state index in [2.05, 4.69) is 17.5 Å². The van der Waals surface area contributed by atoms with Crippen molar-refractivity contribution < 1.29 is 4.79 Å². The largest absolute Gasteiger partial charge is 0.353 e. The average Bonchev–Trinajstić information content (AvgIpc) is 2.29. The summed E-state index contributed by atoms with van der Waals surface area (Å²) in [6.45, 7) is 4.15. The molecule has 1 aliphatic carbocycles. The summed E-state index contributed by atoms with van der Waals surface area (Å²) in [4.78, 5) is 11.9. The Morgan fingerprint density at radius 2 is 2.31 bits per heavy atom. The molecule has 0 saturated heterocycles. The predicted molar refractivity (Wildman–Crippen MR) is 66.6 cm³/mol. The van der Waals surface area contributed by atoms with E-state index in [1.54, 1.807) is 6.08 Å². The summed E-state index contributed by atoms with van der Waals surface area (Å²) < 4.78 is 0. The lowest BCUT2D eigenvalue weighted by Gasteiger charge is -2.14. The number of carbonyl (C=O) groups excluding carboxylic acids is 1. The van der Waals surface area contributed by atoms with Crippen molar-refractivity contribution in [1.29, 1.82) is 0 Å². The number of ketones is 1. The van der Waals surface area contributed by atoms with Crippen LogP contribution in [0.25, 0.3) is 0 Å². The van der Waals surface area contributed by atoms with Crippen LogP contribution in [0.15, 0.2) is 35.7 Å². The number of Topliss-reactive ketones (excluding diaryl/α,β-unsaturated/α-hetero) is 1. The number of nitrogens with two attached hydrogens (primary N) is 1. The Morgan fingerprint density at radius 1 is 1.56 bits per heavy atom. The lowest BCUT2D eigenvalue weighted by Crippen LogP contribution is -2.24. The van der Waals surface area contributed by atoms with Crippen LogP contribution in [0.5, 0.6) is 0 Å². The van der Waals surface area contributed by atoms with Crippen molar-refractivity contribution >= 4 is 5.78 Å². The summed E-state index contributed by atoms with van der Waals surface area (Å²) in [5.74, 6) is 0.0868. The summed E-state index contributed by atoms with van der Waals surface area (Å²) in [5, 5.41) is 3.14. The Hall–Kier alpha value is -1.35. The lowest BCUT2D eigenvalue weighted by atomic mass is 10.0. The third-order valence-electron chi connectivity index (χ3n) is 2.39. The molecule has 0 amide bonds. The number of hydrogen-bond donors (Lipinski definition) is 2. The zero-order valence-corrected chi connectivity index (χ0v) is 9.99. The van der Waals surface area contributed by atoms with Crippen molar-refractivity contribution in [3.05, 3.63) is 35.7 Å². The first-order chi connectivity index (χ1) is 7.65. The standard InChI is InChI=1S/C13H20N2O/c1-10(2)13(16)12(8-9-14)15-11-6-4-3-5-7-11/h4,6-8,10,15H,3,5,9,14H2,1-2H3/b12-8-. The highest BCUT2D eigenvalue weighted by atomic mass is 16.1. The highest BCUT2D eigenvalue weighted by Gasteiger charge is 2.13. The van der Waals surface area contributed by atoms with Gasteiger partial charge in [0.25, 0.3) is 0 Å². The van der Waals surface area contributed by atoms with Crippen molar-refractivity contribution in [2.45, 2.75) is 26.7 Å². The zero-order valence-electron chi connectivity index (χ0n) is 9.99. The zero-order chi connectivity index (χ0) is 12.0. The van der Waals surface area contributed by atoms with Crippen LogP contribution >= 0.6 is 0 Å². The van der Waals surface area contributed by atoms with Crippen LogP contribution < -0.4 is 11.1 Å². The van der Waals surface area contributed by atoms with Gasteiger partial charge in [-0.05, 0) is 25.0 Å². The van der Waals surface area contributed by atoms with Crippen molar-refractivity contribution in [3.8, 4) is 0 Å². The SMILES string of the molecule is CC(C)C(=O)/C(=C/CN)NC1=CCCC=C1. The fraction of sp³-hybridized carbons (Fsp3) is 0.462. The molecule has 0 aromatic rings. The molecule has 0 aromatic carbocycles. The summed E-state index contributed by atoms with van der Waals surface area (Å²) in [6.07, 6.45) is 10.0. The van der Waals surface area contributed by atoms with Gasteiger partial charge in [0.15, 0.2) is 5.78 Å². The molecule has 0 fully saturated rings. The molecule has 1 rings (SSSR count). The third kappa shape index (κ3) is 3.66. The van der Waals surface area contributed by atoms with Crippen LogP contribution in [0.3, 0.4) is 0 Å². The molecule has 0 bridgehead atoms. The second-order valence-corrected chi connectivity index (χ2v) is 4.14. The third-order valence-corrected chi connectivity index (χ3v) is 2.39. The molecule has 3 N–H and O–H groups in total. The number of hydrogen-bond acceptors (Lipinski definition) is 3. The van der Waals surface area contributed by atoms with Crippen LogP contribution in [0.4, 0.5) is 0 Å². The fourth-order valence-electron chi connectivity index (χ4n) is 1.50. The van der Waals surface area contributed by atoms with Gasteiger partial charge in [-0.25, -0.2) is 0 Å². The van der Waals surface area contributed by atoms with Crippen molar-refractivity contribution in [2.75, 3.05) is 6.54 Å². The fourth-order valence-corrected chi connectivity index (χ4v) is 1.50. The summed E-state index contributed by atoms with van der Waals surface area (Å²) in [5.41, 5.74) is 7.06. The molecular weight excluding hydrogens is 200 g/mol. The van der Waals surface area contributed by atoms with Gasteiger partial charge in [-0.3, -0.25) is 4.79 Å². The molecular formula is C13H20N2O. The number of carbonyl (C=O) groups is 1. The van der Waals surface area contributed by atoms with Gasteiger partial charge < -0.3 is 11.1 Å². The van der Waals surface area contributed by atoms with Crippen LogP contribution in [0.1, 0.15) is 26.7 Å². The molecule has 0 atom stereocenters. The highest BCUT2D eigenvalue weighted by molar-refractivity contribution is 5.96. The molecule has 0 radical (unpaired) electrons. The van der Waals surface area contributed by atoms with Crippen molar-refractivity contribution in [3.63, 3.8) is 0 Å². The van der Waals surface area contributed by atoms with E-state index < -0.39 is 0 Å². The Kier molecular flexibility index (Phi) is 4.99. The van der Waals surface area contributed by atoms with Gasteiger partial charge in [-0.2, -0.15) is 0 Å². The molecule has 0 saturated carbocycles. The maximum Gasteiger partial charge on any atom is 0.181 e. The second-order valence-electron chi connectivity index (χ2n) is 4.14. The maximum atomic E-state index is 11.9. The Balaban J connectivity index is 2.72. The van der Waals surface area contributed by atoms with Gasteiger partial charge in [-0.15, -0.1) is 0 Å². The minimum atomic E-state index is -0.0153. The Morgan fingerprint density at radius 3 is 2.81 bits per heavy atom. The Bertz CT molecular complexity index is 338. The molecule has 3 heteroatoms. The average molecular weight is 220 g/mol. The van der Waals surface area contributed by atoms with Crippen LogP contribution in [-0.4, -0.2) is 12.3 Å². The molecule has 0 aliphatic heterocycles. The van der Waals surface area contributed by atoms with Gasteiger partial charge in [-0.1, -0.05) is 26.0 Å². The smallest absolute Gasteiger partial charge is 0.181 e. The molecule has 0 spiro atoms. The first-order valence-corrected chi connectivity index (χ1v) is 5.73. The van der Waals surface area contributed by atoms with Gasteiger partial charge in [0.05, 0.1) is 5.70 Å². The van der Waals surface area contributed by atoms with E-state index in [4.69, 9.17) is 5.73 Å². The van der Waals surface area contributed by atoms with Gasteiger partial charge in [0, 0.05) is 18.2 Å². The highest BCUT2D eigenvalue weighted by Crippen LogP contribution is 2.11. The van der Waals surface area contributed by atoms with E-state index in [0.717, 1.165) is 18.5 Å². The summed E-state index contributed by atoms with van der Waals surface area (Å²) in [7, 11) is 0. The molecule has 0 unspecified atom stereocenters. The van der Waals surface area contributed by atoms with E-state index in [-0.39, 0.29) is 11.7 Å². The number of allylic oxidation sites excluding steroid dienone is 4. The van der Waals surface area contributed by atoms with E-state index >= 15 is 0 Å². The van der Waals surface area contributed by atoms with E-state index in [9.17, 15) is 4.79 Å². The molecule has 3 nitrogen and oxygen atoms in total. The molecule has 16 heavy (non-hydrogen) atoms. The molecule has 1 aliphatic rings. The van der Waals surface area contributed by atoms with Gasteiger partial charge >= 0.3 is 0 Å². The van der Waals surface area contributed by atoms with E-state index in [0.29, 0.717) is 12.2 Å². The normalized spacial score (nSPS) is 16.2. The first-order valence-electron chi connectivity index (χ1n) is 5.73. The quantitative estimate of drug-likeness (QED) is 0.695. The summed E-state index contributed by atoms with van der Waals surface area (Å²) >= 11 is 0. The predicted octanol–water partition coefficient (Wildman–Crippen LogP) is 1.88.